The monoisotopic (exact) mass is 238 g/mol. The Labute approximate surface area is 110 Å². The van der Waals surface area contributed by atoms with E-state index < -0.39 is 0 Å². The molecule has 0 aromatic heterocycles. The molecule has 0 aliphatic rings. The molecule has 2 rings (SSSR count). The van der Waals surface area contributed by atoms with Crippen molar-refractivity contribution in [1.29, 1.82) is 0 Å². The van der Waals surface area contributed by atoms with E-state index in [0.29, 0.717) is 0 Å². The van der Waals surface area contributed by atoms with Gasteiger partial charge in [-0.05, 0) is 41.2 Å². The molecule has 2 aromatic carbocycles. The molecule has 0 spiro atoms. The van der Waals surface area contributed by atoms with E-state index in [1.807, 2.05) is 6.08 Å². The minimum atomic E-state index is 0.954. The third kappa shape index (κ3) is 3.01. The molecular weight excluding hydrogens is 216 g/mol. The molecule has 0 heterocycles. The molecule has 0 N–H and O–H groups in total. The Hall–Kier alpha value is -1.56. The van der Waals surface area contributed by atoms with E-state index in [1.165, 1.54) is 47.6 Å². The van der Waals surface area contributed by atoms with E-state index >= 15 is 0 Å². The van der Waals surface area contributed by atoms with Gasteiger partial charge in [-0.2, -0.15) is 0 Å². The van der Waals surface area contributed by atoms with Crippen LogP contribution in [0.15, 0.2) is 49.1 Å². The van der Waals surface area contributed by atoms with Gasteiger partial charge in [0.15, 0.2) is 0 Å². The van der Waals surface area contributed by atoms with Crippen molar-refractivity contribution in [1.82, 2.24) is 0 Å². The highest BCUT2D eigenvalue weighted by atomic mass is 14.1. The first-order valence-electron chi connectivity index (χ1n) is 6.96. The van der Waals surface area contributed by atoms with Crippen LogP contribution in [0, 0.1) is 0 Å². The van der Waals surface area contributed by atoms with Crippen molar-refractivity contribution in [3.8, 4) is 0 Å². The van der Waals surface area contributed by atoms with Gasteiger partial charge in [0, 0.05) is 0 Å². The lowest BCUT2D eigenvalue weighted by Crippen LogP contribution is -1.89. The fraction of sp³-hybridized carbons (Fsp3) is 0.333. The van der Waals surface area contributed by atoms with Crippen LogP contribution in [-0.2, 0) is 12.8 Å². The maximum Gasteiger partial charge on any atom is -0.00999 e. The van der Waals surface area contributed by atoms with Crippen LogP contribution in [-0.4, -0.2) is 0 Å². The summed E-state index contributed by atoms with van der Waals surface area (Å²) in [5.74, 6) is 0. The van der Waals surface area contributed by atoms with Crippen molar-refractivity contribution < 1.29 is 0 Å². The summed E-state index contributed by atoms with van der Waals surface area (Å²) in [6.45, 7) is 6.06. The average molecular weight is 238 g/mol. The van der Waals surface area contributed by atoms with Crippen LogP contribution in [0.5, 0.6) is 0 Å². The van der Waals surface area contributed by atoms with Gasteiger partial charge in [0.25, 0.3) is 0 Å². The molecule has 0 heteroatoms. The van der Waals surface area contributed by atoms with Crippen LogP contribution in [0.3, 0.4) is 0 Å². The fourth-order valence-electron chi connectivity index (χ4n) is 2.48. The molecule has 0 aliphatic carbocycles. The summed E-state index contributed by atoms with van der Waals surface area (Å²) in [5.41, 5.74) is 2.84. The Bertz CT molecular complexity index is 523. The Balaban J connectivity index is 2.28. The molecule has 94 valence electrons. The molecule has 0 nitrogen and oxygen atoms in total. The van der Waals surface area contributed by atoms with Crippen molar-refractivity contribution in [2.75, 3.05) is 0 Å². The second-order valence-corrected chi connectivity index (χ2v) is 4.92. The highest BCUT2D eigenvalue weighted by Gasteiger charge is 2.01. The molecule has 0 saturated carbocycles. The van der Waals surface area contributed by atoms with Gasteiger partial charge in [-0.25, -0.2) is 0 Å². The van der Waals surface area contributed by atoms with Gasteiger partial charge < -0.3 is 0 Å². The summed E-state index contributed by atoms with van der Waals surface area (Å²) in [6.07, 6.45) is 8.03. The number of hydrogen-bond acceptors (Lipinski definition) is 0. The van der Waals surface area contributed by atoms with Crippen molar-refractivity contribution in [3.63, 3.8) is 0 Å². The first-order valence-corrected chi connectivity index (χ1v) is 6.96. The molecular formula is C18H22. The van der Waals surface area contributed by atoms with Gasteiger partial charge in [-0.1, -0.05) is 62.2 Å². The van der Waals surface area contributed by atoms with Gasteiger partial charge in [-0.3, -0.25) is 0 Å². The Morgan fingerprint density at radius 2 is 2.00 bits per heavy atom. The zero-order chi connectivity index (χ0) is 12.8. The van der Waals surface area contributed by atoms with E-state index in [-0.39, 0.29) is 0 Å². The number of unbranched alkanes of at least 4 members (excludes halogenated alkanes) is 2. The topological polar surface area (TPSA) is 0 Å². The lowest BCUT2D eigenvalue weighted by Gasteiger charge is -2.07. The van der Waals surface area contributed by atoms with Crippen molar-refractivity contribution in [3.05, 3.63) is 60.2 Å². The van der Waals surface area contributed by atoms with Crippen LogP contribution in [0.4, 0.5) is 0 Å². The molecule has 0 atom stereocenters. The van der Waals surface area contributed by atoms with Crippen molar-refractivity contribution >= 4 is 10.8 Å². The third-order valence-corrected chi connectivity index (χ3v) is 3.46. The maximum absolute atomic E-state index is 3.80. The molecule has 2 aromatic rings. The number of aryl methyl sites for hydroxylation is 1. The lowest BCUT2D eigenvalue weighted by atomic mass is 9.97. The molecule has 0 fully saturated rings. The van der Waals surface area contributed by atoms with E-state index in [9.17, 15) is 0 Å². The fourth-order valence-corrected chi connectivity index (χ4v) is 2.48. The van der Waals surface area contributed by atoms with Gasteiger partial charge in [0.05, 0.1) is 0 Å². The third-order valence-electron chi connectivity index (χ3n) is 3.46. The Morgan fingerprint density at radius 3 is 2.78 bits per heavy atom. The first-order chi connectivity index (χ1) is 8.85. The van der Waals surface area contributed by atoms with Gasteiger partial charge >= 0.3 is 0 Å². The SMILES string of the molecule is C=CCc1ccc2c(CCCCC)cccc2c1. The van der Waals surface area contributed by atoms with E-state index in [0.717, 1.165) is 6.42 Å². The van der Waals surface area contributed by atoms with E-state index in [1.54, 1.807) is 0 Å². The van der Waals surface area contributed by atoms with Gasteiger partial charge in [0.2, 0.25) is 0 Å². The minimum absolute atomic E-state index is 0.954. The predicted octanol–water partition coefficient (Wildman–Crippen LogP) is 5.30. The predicted molar refractivity (Wildman–Crippen MR) is 81.1 cm³/mol. The highest BCUT2D eigenvalue weighted by molar-refractivity contribution is 5.86. The number of rotatable bonds is 6. The largest absolute Gasteiger partial charge is 0.103 e. The van der Waals surface area contributed by atoms with Crippen LogP contribution in [0.1, 0.15) is 37.3 Å². The lowest BCUT2D eigenvalue weighted by molar-refractivity contribution is 0.719. The zero-order valence-electron chi connectivity index (χ0n) is 11.3. The summed E-state index contributed by atoms with van der Waals surface area (Å²) in [5, 5.41) is 2.78. The Kier molecular flexibility index (Phi) is 4.58. The molecule has 0 bridgehead atoms. The highest BCUT2D eigenvalue weighted by Crippen LogP contribution is 2.22. The summed E-state index contributed by atoms with van der Waals surface area (Å²) >= 11 is 0. The summed E-state index contributed by atoms with van der Waals surface area (Å²) < 4.78 is 0. The Morgan fingerprint density at radius 1 is 1.11 bits per heavy atom. The molecule has 0 radical (unpaired) electrons. The number of allylic oxidation sites excluding steroid dienone is 1. The van der Waals surface area contributed by atoms with E-state index in [4.69, 9.17) is 0 Å². The van der Waals surface area contributed by atoms with Crippen molar-refractivity contribution in [2.24, 2.45) is 0 Å². The van der Waals surface area contributed by atoms with Crippen molar-refractivity contribution in [2.45, 2.75) is 39.0 Å². The summed E-state index contributed by atoms with van der Waals surface area (Å²) in [6, 6.07) is 13.5. The second kappa shape index (κ2) is 6.39. The molecule has 0 unspecified atom stereocenters. The minimum Gasteiger partial charge on any atom is -0.103 e. The standard InChI is InChI=1S/C18H22/c1-3-5-6-9-16-10-7-11-17-14-15(8-4-2)12-13-18(16)17/h4,7,10-14H,2-3,5-6,8-9H2,1H3. The van der Waals surface area contributed by atoms with Crippen LogP contribution < -0.4 is 0 Å². The summed E-state index contributed by atoms with van der Waals surface area (Å²) in [7, 11) is 0. The number of fused-ring (bicyclic) bond motifs is 1. The first kappa shape index (κ1) is 12.9. The normalized spacial score (nSPS) is 10.7. The molecule has 0 saturated heterocycles. The molecule has 0 aliphatic heterocycles. The maximum atomic E-state index is 3.80. The number of hydrogen-bond donors (Lipinski definition) is 0. The number of benzene rings is 2. The smallest absolute Gasteiger partial charge is 0.00999 e. The van der Waals surface area contributed by atoms with Crippen LogP contribution >= 0.6 is 0 Å². The average Bonchev–Trinajstić information content (AvgIpc) is 2.39. The molecule has 0 amide bonds. The second-order valence-electron chi connectivity index (χ2n) is 4.92. The quantitative estimate of drug-likeness (QED) is 0.473. The van der Waals surface area contributed by atoms with Gasteiger partial charge in [0.1, 0.15) is 0 Å². The summed E-state index contributed by atoms with van der Waals surface area (Å²) in [4.78, 5) is 0. The van der Waals surface area contributed by atoms with E-state index in [2.05, 4.69) is 49.9 Å². The zero-order valence-corrected chi connectivity index (χ0v) is 11.3. The van der Waals surface area contributed by atoms with Gasteiger partial charge in [-0.15, -0.1) is 6.58 Å². The molecule has 18 heavy (non-hydrogen) atoms. The van der Waals surface area contributed by atoms with Crippen LogP contribution in [0.2, 0.25) is 0 Å². The van der Waals surface area contributed by atoms with Crippen LogP contribution in [0.25, 0.3) is 10.8 Å².